The minimum atomic E-state index is -0.591. The van der Waals surface area contributed by atoms with E-state index in [-0.39, 0.29) is 17.9 Å². The molecule has 0 saturated heterocycles. The summed E-state index contributed by atoms with van der Waals surface area (Å²) in [5.41, 5.74) is 5.77. The fourth-order valence-corrected chi connectivity index (χ4v) is 5.62. The molecule has 0 fully saturated rings. The molecule has 36 heavy (non-hydrogen) atoms. The van der Waals surface area contributed by atoms with Crippen molar-refractivity contribution in [3.05, 3.63) is 94.7 Å². The van der Waals surface area contributed by atoms with Crippen molar-refractivity contribution in [1.29, 1.82) is 0 Å². The molecule has 2 aliphatic heterocycles. The van der Waals surface area contributed by atoms with E-state index in [4.69, 9.17) is 9.47 Å². The van der Waals surface area contributed by atoms with Gasteiger partial charge < -0.3 is 24.7 Å². The average Bonchev–Trinajstić information content (AvgIpc) is 3.43. The molecule has 7 nitrogen and oxygen atoms in total. The minimum absolute atomic E-state index is 0.0973. The summed E-state index contributed by atoms with van der Waals surface area (Å²) in [5, 5.41) is 4.19. The molecule has 4 aromatic rings. The van der Waals surface area contributed by atoms with E-state index in [2.05, 4.69) is 16.4 Å². The van der Waals surface area contributed by atoms with Crippen molar-refractivity contribution >= 4 is 22.7 Å². The lowest BCUT2D eigenvalue weighted by Crippen LogP contribution is -2.52. The maximum Gasteiger partial charge on any atom is 0.255 e. The predicted octanol–water partition coefficient (Wildman–Crippen LogP) is 4.01. The summed E-state index contributed by atoms with van der Waals surface area (Å²) in [4.78, 5) is 32.4. The number of fused-ring (bicyclic) bond motifs is 7. The highest BCUT2D eigenvalue weighted by atomic mass is 16.5. The third-order valence-electron chi connectivity index (χ3n) is 7.32. The monoisotopic (exact) mass is 481 g/mol. The van der Waals surface area contributed by atoms with Crippen LogP contribution in [0.1, 0.15) is 38.8 Å². The van der Waals surface area contributed by atoms with Gasteiger partial charge >= 0.3 is 0 Å². The summed E-state index contributed by atoms with van der Waals surface area (Å²) < 4.78 is 10.7. The molecule has 3 heterocycles. The van der Waals surface area contributed by atoms with Gasteiger partial charge in [-0.3, -0.25) is 9.59 Å². The number of carbonyl (C=O) groups is 2. The number of aromatic nitrogens is 1. The average molecular weight is 482 g/mol. The SMILES string of the molecule is COc1ccc(CCNC(=O)C2Cc3c([nH]c4ccccc34)C3c4ccccc4C(=O)N23)cc1OC. The van der Waals surface area contributed by atoms with Gasteiger partial charge in [0.1, 0.15) is 6.04 Å². The largest absolute Gasteiger partial charge is 0.493 e. The number of hydrogen-bond donors (Lipinski definition) is 2. The highest BCUT2D eigenvalue weighted by molar-refractivity contribution is 6.03. The van der Waals surface area contributed by atoms with Crippen LogP contribution in [0.3, 0.4) is 0 Å². The summed E-state index contributed by atoms with van der Waals surface area (Å²) in [6.45, 7) is 0.450. The molecule has 2 unspecified atom stereocenters. The number of methoxy groups -OCH3 is 2. The molecule has 1 aromatic heterocycles. The first-order valence-corrected chi connectivity index (χ1v) is 12.1. The van der Waals surface area contributed by atoms with Gasteiger partial charge in [0.25, 0.3) is 5.91 Å². The molecule has 3 aromatic carbocycles. The van der Waals surface area contributed by atoms with Gasteiger partial charge in [0.15, 0.2) is 11.5 Å². The van der Waals surface area contributed by atoms with Crippen molar-refractivity contribution in [2.24, 2.45) is 0 Å². The van der Waals surface area contributed by atoms with Crippen molar-refractivity contribution in [2.45, 2.75) is 24.9 Å². The van der Waals surface area contributed by atoms with Crippen molar-refractivity contribution in [1.82, 2.24) is 15.2 Å². The Balaban J connectivity index is 1.29. The normalized spacial score (nSPS) is 17.9. The molecule has 0 radical (unpaired) electrons. The molecule has 0 bridgehead atoms. The second-order valence-corrected chi connectivity index (χ2v) is 9.22. The maximum atomic E-state index is 13.6. The number of amides is 2. The molecule has 2 aliphatic rings. The Morgan fingerprint density at radius 3 is 2.64 bits per heavy atom. The van der Waals surface area contributed by atoms with Gasteiger partial charge in [0, 0.05) is 35.1 Å². The Morgan fingerprint density at radius 1 is 1.03 bits per heavy atom. The third kappa shape index (κ3) is 3.42. The van der Waals surface area contributed by atoms with Crippen molar-refractivity contribution in [2.75, 3.05) is 20.8 Å². The summed E-state index contributed by atoms with van der Waals surface area (Å²) in [5.74, 6) is 1.08. The third-order valence-corrected chi connectivity index (χ3v) is 7.32. The number of para-hydroxylation sites is 1. The van der Waals surface area contributed by atoms with Crippen LogP contribution in [0.2, 0.25) is 0 Å². The number of ether oxygens (including phenoxy) is 2. The van der Waals surface area contributed by atoms with Gasteiger partial charge in [-0.15, -0.1) is 0 Å². The van der Waals surface area contributed by atoms with Crippen LogP contribution in [-0.2, 0) is 17.6 Å². The summed E-state index contributed by atoms with van der Waals surface area (Å²) in [6.07, 6.45) is 1.10. The topological polar surface area (TPSA) is 83.7 Å². The molecule has 182 valence electrons. The van der Waals surface area contributed by atoms with Crippen LogP contribution in [-0.4, -0.2) is 48.5 Å². The van der Waals surface area contributed by atoms with Gasteiger partial charge in [0.05, 0.1) is 20.3 Å². The fraction of sp³-hybridized carbons (Fsp3) is 0.241. The Bertz CT molecular complexity index is 1490. The quantitative estimate of drug-likeness (QED) is 0.436. The first-order chi connectivity index (χ1) is 17.6. The van der Waals surface area contributed by atoms with E-state index < -0.39 is 6.04 Å². The lowest BCUT2D eigenvalue weighted by atomic mass is 9.90. The summed E-state index contributed by atoms with van der Waals surface area (Å²) >= 11 is 0. The van der Waals surface area contributed by atoms with Gasteiger partial charge in [-0.05, 0) is 47.4 Å². The first-order valence-electron chi connectivity index (χ1n) is 12.1. The Labute approximate surface area is 209 Å². The van der Waals surface area contributed by atoms with Crippen LogP contribution in [0.15, 0.2) is 66.7 Å². The van der Waals surface area contributed by atoms with E-state index in [0.717, 1.165) is 33.3 Å². The fourth-order valence-electron chi connectivity index (χ4n) is 5.62. The van der Waals surface area contributed by atoms with Gasteiger partial charge in [-0.25, -0.2) is 0 Å². The van der Waals surface area contributed by atoms with Crippen LogP contribution in [0.4, 0.5) is 0 Å². The Morgan fingerprint density at radius 2 is 1.81 bits per heavy atom. The highest BCUT2D eigenvalue weighted by Crippen LogP contribution is 2.46. The molecule has 0 spiro atoms. The molecule has 0 aliphatic carbocycles. The van der Waals surface area contributed by atoms with E-state index in [1.54, 1.807) is 19.1 Å². The number of aromatic amines is 1. The minimum Gasteiger partial charge on any atom is -0.493 e. The van der Waals surface area contributed by atoms with Gasteiger partial charge in [0.2, 0.25) is 5.91 Å². The van der Waals surface area contributed by atoms with Gasteiger partial charge in [-0.1, -0.05) is 42.5 Å². The zero-order chi connectivity index (χ0) is 24.8. The van der Waals surface area contributed by atoms with Crippen LogP contribution < -0.4 is 14.8 Å². The second kappa shape index (κ2) is 8.75. The zero-order valence-corrected chi connectivity index (χ0v) is 20.2. The van der Waals surface area contributed by atoms with Crippen molar-refractivity contribution in [3.63, 3.8) is 0 Å². The molecule has 7 heteroatoms. The van der Waals surface area contributed by atoms with Crippen LogP contribution in [0.25, 0.3) is 10.9 Å². The molecular formula is C29H27N3O4. The number of benzene rings is 3. The second-order valence-electron chi connectivity index (χ2n) is 9.22. The Hall–Kier alpha value is -4.26. The standard InChI is InChI=1S/C29H27N3O4/c1-35-24-12-11-17(15-25(24)36-2)13-14-30-28(33)23-16-21-18-7-5-6-10-22(18)31-26(21)27-19-8-3-4-9-20(19)29(34)32(23)27/h3-12,15,23,27,31H,13-14,16H2,1-2H3,(H,30,33). The number of nitrogens with one attached hydrogen (secondary N) is 2. The molecule has 2 N–H and O–H groups in total. The van der Waals surface area contributed by atoms with Crippen LogP contribution in [0, 0.1) is 0 Å². The van der Waals surface area contributed by atoms with Gasteiger partial charge in [-0.2, -0.15) is 0 Å². The van der Waals surface area contributed by atoms with E-state index in [1.807, 2.05) is 60.7 Å². The first kappa shape index (κ1) is 22.2. The smallest absolute Gasteiger partial charge is 0.255 e. The van der Waals surface area contributed by atoms with Crippen LogP contribution in [0.5, 0.6) is 11.5 Å². The molecular weight excluding hydrogens is 454 g/mol. The summed E-state index contributed by atoms with van der Waals surface area (Å²) in [7, 11) is 3.21. The predicted molar refractivity (Wildman–Crippen MR) is 137 cm³/mol. The van der Waals surface area contributed by atoms with E-state index >= 15 is 0 Å². The van der Waals surface area contributed by atoms with E-state index in [1.165, 1.54) is 0 Å². The zero-order valence-electron chi connectivity index (χ0n) is 20.2. The lowest BCUT2D eigenvalue weighted by Gasteiger charge is -2.37. The van der Waals surface area contributed by atoms with Crippen LogP contribution >= 0.6 is 0 Å². The van der Waals surface area contributed by atoms with Crippen molar-refractivity contribution in [3.8, 4) is 11.5 Å². The molecule has 0 saturated carbocycles. The molecule has 2 atom stereocenters. The number of nitrogens with zero attached hydrogens (tertiary/aromatic N) is 1. The number of H-pyrrole nitrogens is 1. The molecule has 6 rings (SSSR count). The number of hydrogen-bond acceptors (Lipinski definition) is 4. The van der Waals surface area contributed by atoms with Crippen molar-refractivity contribution < 1.29 is 19.1 Å². The number of rotatable bonds is 6. The van der Waals surface area contributed by atoms with E-state index in [9.17, 15) is 9.59 Å². The lowest BCUT2D eigenvalue weighted by molar-refractivity contribution is -0.126. The Kier molecular flexibility index (Phi) is 5.40. The van der Waals surface area contributed by atoms with E-state index in [0.29, 0.717) is 36.4 Å². The summed E-state index contributed by atoms with van der Waals surface area (Å²) in [6, 6.07) is 20.6. The number of carbonyl (C=O) groups excluding carboxylic acids is 2. The highest BCUT2D eigenvalue weighted by Gasteiger charge is 2.48. The molecule has 2 amide bonds. The maximum absolute atomic E-state index is 13.6.